The SMILES string of the molecule is CC(C)CCCNC(=O)c1cccc(S)c1. The molecule has 1 amide bonds. The molecule has 88 valence electrons. The molecule has 0 radical (unpaired) electrons. The Hall–Kier alpha value is -0.960. The van der Waals surface area contributed by atoms with E-state index in [1.165, 1.54) is 0 Å². The van der Waals surface area contributed by atoms with Crippen molar-refractivity contribution in [3.63, 3.8) is 0 Å². The maximum absolute atomic E-state index is 11.7. The number of amides is 1. The van der Waals surface area contributed by atoms with Crippen LogP contribution in [0.15, 0.2) is 29.2 Å². The molecule has 0 saturated heterocycles. The number of rotatable bonds is 5. The predicted octanol–water partition coefficient (Wildman–Crippen LogP) is 3.14. The van der Waals surface area contributed by atoms with Gasteiger partial charge in [0.25, 0.3) is 5.91 Å². The molecule has 3 heteroatoms. The Labute approximate surface area is 103 Å². The highest BCUT2D eigenvalue weighted by Gasteiger charge is 2.04. The molecular formula is C13H19NOS. The summed E-state index contributed by atoms with van der Waals surface area (Å²) in [5.41, 5.74) is 0.678. The van der Waals surface area contributed by atoms with Crippen molar-refractivity contribution in [2.75, 3.05) is 6.54 Å². The first-order valence-electron chi connectivity index (χ1n) is 5.67. The number of hydrogen-bond donors (Lipinski definition) is 2. The number of carbonyl (C=O) groups is 1. The van der Waals surface area contributed by atoms with Crippen LogP contribution in [0.1, 0.15) is 37.0 Å². The van der Waals surface area contributed by atoms with Gasteiger partial charge in [0.15, 0.2) is 0 Å². The highest BCUT2D eigenvalue weighted by Crippen LogP contribution is 2.08. The highest BCUT2D eigenvalue weighted by molar-refractivity contribution is 7.80. The van der Waals surface area contributed by atoms with E-state index in [1.807, 2.05) is 12.1 Å². The smallest absolute Gasteiger partial charge is 0.251 e. The third-order valence-electron chi connectivity index (χ3n) is 2.35. The first-order chi connectivity index (χ1) is 7.59. The van der Waals surface area contributed by atoms with Crippen molar-refractivity contribution in [1.29, 1.82) is 0 Å². The number of hydrogen-bond acceptors (Lipinski definition) is 2. The summed E-state index contributed by atoms with van der Waals surface area (Å²) < 4.78 is 0. The minimum atomic E-state index is -0.0142. The lowest BCUT2D eigenvalue weighted by atomic mass is 10.1. The zero-order valence-electron chi connectivity index (χ0n) is 9.86. The van der Waals surface area contributed by atoms with Crippen LogP contribution in [-0.2, 0) is 0 Å². The zero-order valence-corrected chi connectivity index (χ0v) is 10.8. The standard InChI is InChI=1S/C13H19NOS/c1-10(2)5-4-8-14-13(15)11-6-3-7-12(16)9-11/h3,6-7,9-10,16H,4-5,8H2,1-2H3,(H,14,15). The lowest BCUT2D eigenvalue weighted by Crippen LogP contribution is -2.24. The molecule has 0 atom stereocenters. The second-order valence-corrected chi connectivity index (χ2v) is 4.86. The summed E-state index contributed by atoms with van der Waals surface area (Å²) in [5.74, 6) is 0.678. The van der Waals surface area contributed by atoms with Crippen LogP contribution in [0.4, 0.5) is 0 Å². The first kappa shape index (κ1) is 13.1. The van der Waals surface area contributed by atoms with Crippen LogP contribution in [0.3, 0.4) is 0 Å². The molecule has 1 rings (SSSR count). The fourth-order valence-corrected chi connectivity index (χ4v) is 1.69. The third-order valence-corrected chi connectivity index (χ3v) is 2.63. The normalized spacial score (nSPS) is 10.5. The third kappa shape index (κ3) is 4.71. The Kier molecular flexibility index (Phi) is 5.39. The lowest BCUT2D eigenvalue weighted by Gasteiger charge is -2.07. The number of nitrogens with one attached hydrogen (secondary N) is 1. The van der Waals surface area contributed by atoms with E-state index in [2.05, 4.69) is 31.8 Å². The van der Waals surface area contributed by atoms with Gasteiger partial charge in [0, 0.05) is 17.0 Å². The molecule has 1 N–H and O–H groups in total. The molecule has 0 spiro atoms. The van der Waals surface area contributed by atoms with Crippen LogP contribution in [0.5, 0.6) is 0 Å². The predicted molar refractivity (Wildman–Crippen MR) is 70.1 cm³/mol. The molecule has 1 aromatic rings. The molecule has 0 fully saturated rings. The summed E-state index contributed by atoms with van der Waals surface area (Å²) in [6.07, 6.45) is 2.18. The Morgan fingerprint density at radius 1 is 1.44 bits per heavy atom. The highest BCUT2D eigenvalue weighted by atomic mass is 32.1. The molecule has 0 aliphatic heterocycles. The Bertz CT molecular complexity index is 350. The Morgan fingerprint density at radius 3 is 2.81 bits per heavy atom. The van der Waals surface area contributed by atoms with Gasteiger partial charge in [-0.05, 0) is 37.0 Å². The van der Waals surface area contributed by atoms with E-state index >= 15 is 0 Å². The van der Waals surface area contributed by atoms with Crippen molar-refractivity contribution in [3.05, 3.63) is 29.8 Å². The molecule has 2 nitrogen and oxygen atoms in total. The quantitative estimate of drug-likeness (QED) is 0.598. The molecule has 0 aromatic heterocycles. The van der Waals surface area contributed by atoms with E-state index < -0.39 is 0 Å². The number of benzene rings is 1. The van der Waals surface area contributed by atoms with Crippen LogP contribution in [0.2, 0.25) is 0 Å². The molecule has 0 saturated carbocycles. The molecule has 0 heterocycles. The summed E-state index contributed by atoms with van der Waals surface area (Å²) >= 11 is 4.20. The van der Waals surface area contributed by atoms with Gasteiger partial charge in [0.2, 0.25) is 0 Å². The largest absolute Gasteiger partial charge is 0.352 e. The minimum absolute atomic E-state index is 0.0142. The summed E-state index contributed by atoms with van der Waals surface area (Å²) in [7, 11) is 0. The number of thiol groups is 1. The second kappa shape index (κ2) is 6.59. The fraction of sp³-hybridized carbons (Fsp3) is 0.462. The molecule has 0 aliphatic carbocycles. The number of carbonyl (C=O) groups excluding carboxylic acids is 1. The van der Waals surface area contributed by atoms with Crippen molar-refractivity contribution >= 4 is 18.5 Å². The van der Waals surface area contributed by atoms with Gasteiger partial charge >= 0.3 is 0 Å². The van der Waals surface area contributed by atoms with Crippen LogP contribution < -0.4 is 5.32 Å². The van der Waals surface area contributed by atoms with Crippen molar-refractivity contribution in [3.8, 4) is 0 Å². The molecule has 1 aromatic carbocycles. The van der Waals surface area contributed by atoms with Gasteiger partial charge in [-0.25, -0.2) is 0 Å². The lowest BCUT2D eigenvalue weighted by molar-refractivity contribution is 0.0952. The average Bonchev–Trinajstić information content (AvgIpc) is 2.24. The van der Waals surface area contributed by atoms with Gasteiger partial charge in [-0.3, -0.25) is 4.79 Å². The van der Waals surface area contributed by atoms with Crippen molar-refractivity contribution in [2.24, 2.45) is 5.92 Å². The molecule has 0 aliphatic rings. The van der Waals surface area contributed by atoms with Gasteiger partial charge < -0.3 is 5.32 Å². The van der Waals surface area contributed by atoms with Gasteiger partial charge in [-0.15, -0.1) is 12.6 Å². The van der Waals surface area contributed by atoms with Crippen LogP contribution in [0, 0.1) is 5.92 Å². The van der Waals surface area contributed by atoms with Gasteiger partial charge in [-0.1, -0.05) is 19.9 Å². The van der Waals surface area contributed by atoms with Crippen LogP contribution in [0.25, 0.3) is 0 Å². The van der Waals surface area contributed by atoms with E-state index in [0.717, 1.165) is 24.3 Å². The molecule has 0 bridgehead atoms. The van der Waals surface area contributed by atoms with E-state index in [4.69, 9.17) is 0 Å². The van der Waals surface area contributed by atoms with Crippen molar-refractivity contribution in [2.45, 2.75) is 31.6 Å². The Balaban J connectivity index is 2.35. The summed E-state index contributed by atoms with van der Waals surface area (Å²) in [5, 5.41) is 2.91. The van der Waals surface area contributed by atoms with E-state index in [-0.39, 0.29) is 5.91 Å². The van der Waals surface area contributed by atoms with E-state index in [9.17, 15) is 4.79 Å². The van der Waals surface area contributed by atoms with Gasteiger partial charge in [-0.2, -0.15) is 0 Å². The van der Waals surface area contributed by atoms with Crippen LogP contribution in [-0.4, -0.2) is 12.5 Å². The maximum Gasteiger partial charge on any atom is 0.251 e. The van der Waals surface area contributed by atoms with Crippen molar-refractivity contribution in [1.82, 2.24) is 5.32 Å². The molecule has 16 heavy (non-hydrogen) atoms. The monoisotopic (exact) mass is 237 g/mol. The topological polar surface area (TPSA) is 29.1 Å². The summed E-state index contributed by atoms with van der Waals surface area (Å²) in [6, 6.07) is 7.28. The van der Waals surface area contributed by atoms with E-state index in [1.54, 1.807) is 12.1 Å². The van der Waals surface area contributed by atoms with Gasteiger partial charge in [0.05, 0.1) is 0 Å². The second-order valence-electron chi connectivity index (χ2n) is 4.34. The van der Waals surface area contributed by atoms with Crippen LogP contribution >= 0.6 is 12.6 Å². The first-order valence-corrected chi connectivity index (χ1v) is 6.11. The minimum Gasteiger partial charge on any atom is -0.352 e. The average molecular weight is 237 g/mol. The van der Waals surface area contributed by atoms with E-state index in [0.29, 0.717) is 11.5 Å². The molecule has 0 unspecified atom stereocenters. The van der Waals surface area contributed by atoms with Crippen molar-refractivity contribution < 1.29 is 4.79 Å². The zero-order chi connectivity index (χ0) is 12.0. The summed E-state index contributed by atoms with van der Waals surface area (Å²) in [6.45, 7) is 5.12. The van der Waals surface area contributed by atoms with Gasteiger partial charge in [0.1, 0.15) is 0 Å². The molecular weight excluding hydrogens is 218 g/mol. The maximum atomic E-state index is 11.7. The Morgan fingerprint density at radius 2 is 2.19 bits per heavy atom. The summed E-state index contributed by atoms with van der Waals surface area (Å²) in [4.78, 5) is 12.5. The fourth-order valence-electron chi connectivity index (χ4n) is 1.46.